The molecule has 4 nitrogen and oxygen atoms in total. The van der Waals surface area contributed by atoms with Crippen LogP contribution in [0.4, 0.5) is 0 Å². The SMILES string of the molecule is CCCCCCCCCCn1c(C2CC(=O)N(Cc3ccccc3)C2)nc2ccccc21. The number of hydrogen-bond donors (Lipinski definition) is 0. The van der Waals surface area contributed by atoms with Gasteiger partial charge in [0.2, 0.25) is 5.91 Å². The van der Waals surface area contributed by atoms with Gasteiger partial charge in [-0.1, -0.05) is 94.3 Å². The second-order valence-electron chi connectivity index (χ2n) is 9.25. The van der Waals surface area contributed by atoms with Crippen molar-refractivity contribution in [1.82, 2.24) is 14.5 Å². The lowest BCUT2D eigenvalue weighted by Gasteiger charge is -2.17. The van der Waals surface area contributed by atoms with Crippen molar-refractivity contribution < 1.29 is 4.79 Å². The molecule has 4 rings (SSSR count). The van der Waals surface area contributed by atoms with E-state index in [0.29, 0.717) is 13.0 Å². The highest BCUT2D eigenvalue weighted by molar-refractivity contribution is 5.81. The molecule has 0 saturated carbocycles. The average molecular weight is 432 g/mol. The first-order valence-corrected chi connectivity index (χ1v) is 12.5. The number of aromatic nitrogens is 2. The maximum absolute atomic E-state index is 12.8. The summed E-state index contributed by atoms with van der Waals surface area (Å²) in [6.07, 6.45) is 11.1. The molecule has 0 N–H and O–H groups in total. The summed E-state index contributed by atoms with van der Waals surface area (Å²) >= 11 is 0. The number of fused-ring (bicyclic) bond motifs is 1. The standard InChI is InChI=1S/C28H37N3O/c1-2-3-4-5-6-7-8-14-19-31-26-18-13-12-17-25(26)29-28(31)24-20-27(32)30(22-24)21-23-15-10-9-11-16-23/h9-13,15-18,24H,2-8,14,19-22H2,1H3. The monoisotopic (exact) mass is 431 g/mol. The first-order valence-electron chi connectivity index (χ1n) is 12.5. The minimum absolute atomic E-state index is 0.174. The molecule has 0 radical (unpaired) electrons. The molecule has 0 spiro atoms. The van der Waals surface area contributed by atoms with Crippen LogP contribution in [-0.2, 0) is 17.9 Å². The fourth-order valence-corrected chi connectivity index (χ4v) is 4.95. The molecule has 1 aromatic heterocycles. The van der Waals surface area contributed by atoms with Gasteiger partial charge in [0.1, 0.15) is 5.82 Å². The normalized spacial score (nSPS) is 16.3. The molecule has 0 aliphatic carbocycles. The van der Waals surface area contributed by atoms with Crippen LogP contribution in [0.1, 0.15) is 82.0 Å². The predicted molar refractivity (Wildman–Crippen MR) is 132 cm³/mol. The van der Waals surface area contributed by atoms with Crippen LogP contribution in [0, 0.1) is 0 Å². The number of nitrogens with zero attached hydrogens (tertiary/aromatic N) is 3. The zero-order chi connectivity index (χ0) is 22.2. The van der Waals surface area contributed by atoms with E-state index in [4.69, 9.17) is 4.98 Å². The van der Waals surface area contributed by atoms with E-state index in [1.54, 1.807) is 0 Å². The largest absolute Gasteiger partial charge is 0.338 e. The number of amides is 1. The van der Waals surface area contributed by atoms with Crippen LogP contribution in [0.5, 0.6) is 0 Å². The number of hydrogen-bond acceptors (Lipinski definition) is 2. The summed E-state index contributed by atoms with van der Waals surface area (Å²) in [6.45, 7) is 4.71. The number of para-hydroxylation sites is 2. The van der Waals surface area contributed by atoms with Crippen molar-refractivity contribution in [2.75, 3.05) is 6.54 Å². The summed E-state index contributed by atoms with van der Waals surface area (Å²) in [4.78, 5) is 19.8. The van der Waals surface area contributed by atoms with Crippen molar-refractivity contribution in [2.24, 2.45) is 0 Å². The van der Waals surface area contributed by atoms with Gasteiger partial charge in [-0.3, -0.25) is 4.79 Å². The van der Waals surface area contributed by atoms with Gasteiger partial charge in [-0.25, -0.2) is 4.98 Å². The Bertz CT molecular complexity index is 994. The van der Waals surface area contributed by atoms with Gasteiger partial charge in [0.25, 0.3) is 0 Å². The first kappa shape index (κ1) is 22.6. The van der Waals surface area contributed by atoms with Crippen molar-refractivity contribution in [2.45, 2.75) is 83.7 Å². The predicted octanol–water partition coefficient (Wildman–Crippen LogP) is 6.69. The second kappa shape index (κ2) is 11.3. The van der Waals surface area contributed by atoms with E-state index in [1.165, 1.54) is 62.4 Å². The quantitative estimate of drug-likeness (QED) is 0.300. The number of rotatable bonds is 12. The molecule has 1 amide bonds. The molecular formula is C28H37N3O. The molecule has 2 heterocycles. The molecule has 1 saturated heterocycles. The molecule has 1 unspecified atom stereocenters. The molecule has 1 atom stereocenters. The molecule has 1 fully saturated rings. The van der Waals surface area contributed by atoms with Gasteiger partial charge in [0.05, 0.1) is 11.0 Å². The summed E-state index contributed by atoms with van der Waals surface area (Å²) in [5.41, 5.74) is 3.45. The van der Waals surface area contributed by atoms with E-state index in [1.807, 2.05) is 23.1 Å². The maximum atomic E-state index is 12.8. The van der Waals surface area contributed by atoms with Gasteiger partial charge >= 0.3 is 0 Å². The molecular weight excluding hydrogens is 394 g/mol. The van der Waals surface area contributed by atoms with Crippen LogP contribution < -0.4 is 0 Å². The first-order chi connectivity index (χ1) is 15.8. The zero-order valence-corrected chi connectivity index (χ0v) is 19.5. The Kier molecular flexibility index (Phi) is 7.97. The van der Waals surface area contributed by atoms with Crippen molar-refractivity contribution >= 4 is 16.9 Å². The van der Waals surface area contributed by atoms with E-state index in [2.05, 4.69) is 47.9 Å². The van der Waals surface area contributed by atoms with Gasteiger partial charge < -0.3 is 9.47 Å². The van der Waals surface area contributed by atoms with Crippen molar-refractivity contribution in [3.63, 3.8) is 0 Å². The van der Waals surface area contributed by atoms with Crippen LogP contribution in [0.2, 0.25) is 0 Å². The number of benzene rings is 2. The highest BCUT2D eigenvalue weighted by atomic mass is 16.2. The number of unbranched alkanes of at least 4 members (excludes halogenated alkanes) is 7. The van der Waals surface area contributed by atoms with E-state index in [-0.39, 0.29) is 11.8 Å². The summed E-state index contributed by atoms with van der Waals surface area (Å²) in [7, 11) is 0. The lowest BCUT2D eigenvalue weighted by molar-refractivity contribution is -0.128. The molecule has 1 aliphatic rings. The fourth-order valence-electron chi connectivity index (χ4n) is 4.95. The topological polar surface area (TPSA) is 38.1 Å². The van der Waals surface area contributed by atoms with Crippen LogP contribution in [0.15, 0.2) is 54.6 Å². The Hall–Kier alpha value is -2.62. The lowest BCUT2D eigenvalue weighted by Crippen LogP contribution is -2.24. The van der Waals surface area contributed by atoms with Gasteiger partial charge in [-0.2, -0.15) is 0 Å². The van der Waals surface area contributed by atoms with Crippen molar-refractivity contribution in [3.8, 4) is 0 Å². The molecule has 32 heavy (non-hydrogen) atoms. The summed E-state index contributed by atoms with van der Waals surface area (Å²) < 4.78 is 2.40. The smallest absolute Gasteiger partial charge is 0.223 e. The molecule has 2 aromatic carbocycles. The Balaban J connectivity index is 1.40. The average Bonchev–Trinajstić information content (AvgIpc) is 3.36. The maximum Gasteiger partial charge on any atom is 0.223 e. The Labute approximate surface area is 192 Å². The van der Waals surface area contributed by atoms with Crippen LogP contribution in [-0.4, -0.2) is 26.9 Å². The molecule has 3 aromatic rings. The highest BCUT2D eigenvalue weighted by Gasteiger charge is 2.33. The Morgan fingerprint density at radius 2 is 1.56 bits per heavy atom. The number of aryl methyl sites for hydroxylation is 1. The van der Waals surface area contributed by atoms with E-state index in [0.717, 1.165) is 24.4 Å². The third-order valence-corrected chi connectivity index (χ3v) is 6.72. The van der Waals surface area contributed by atoms with E-state index >= 15 is 0 Å². The number of imidazole rings is 1. The lowest BCUT2D eigenvalue weighted by atomic mass is 10.1. The minimum Gasteiger partial charge on any atom is -0.338 e. The number of carbonyl (C=O) groups excluding carboxylic acids is 1. The number of carbonyl (C=O) groups is 1. The highest BCUT2D eigenvalue weighted by Crippen LogP contribution is 2.31. The number of likely N-dealkylation sites (tertiary alicyclic amines) is 1. The summed E-state index contributed by atoms with van der Waals surface area (Å²) in [5, 5.41) is 0. The van der Waals surface area contributed by atoms with E-state index < -0.39 is 0 Å². The van der Waals surface area contributed by atoms with Gasteiger partial charge in [-0.05, 0) is 24.1 Å². The van der Waals surface area contributed by atoms with Crippen molar-refractivity contribution in [1.29, 1.82) is 0 Å². The minimum atomic E-state index is 0.174. The zero-order valence-electron chi connectivity index (χ0n) is 19.5. The van der Waals surface area contributed by atoms with Crippen LogP contribution in [0.25, 0.3) is 11.0 Å². The van der Waals surface area contributed by atoms with Crippen LogP contribution in [0.3, 0.4) is 0 Å². The third kappa shape index (κ3) is 5.59. The third-order valence-electron chi connectivity index (χ3n) is 6.72. The fraction of sp³-hybridized carbons (Fsp3) is 0.500. The van der Waals surface area contributed by atoms with Crippen molar-refractivity contribution in [3.05, 3.63) is 66.0 Å². The Morgan fingerprint density at radius 1 is 0.875 bits per heavy atom. The molecule has 0 bridgehead atoms. The van der Waals surface area contributed by atoms with Crippen LogP contribution >= 0.6 is 0 Å². The molecule has 4 heteroatoms. The van der Waals surface area contributed by atoms with E-state index in [9.17, 15) is 4.79 Å². The van der Waals surface area contributed by atoms with Gasteiger partial charge in [0, 0.05) is 32.0 Å². The summed E-state index contributed by atoms with van der Waals surface area (Å²) in [5.74, 6) is 1.51. The molecule has 1 aliphatic heterocycles. The molecule has 170 valence electrons. The second-order valence-corrected chi connectivity index (χ2v) is 9.25. The van der Waals surface area contributed by atoms with Gasteiger partial charge in [0.15, 0.2) is 0 Å². The summed E-state index contributed by atoms with van der Waals surface area (Å²) in [6, 6.07) is 18.7. The van der Waals surface area contributed by atoms with Gasteiger partial charge in [-0.15, -0.1) is 0 Å². The Morgan fingerprint density at radius 3 is 2.34 bits per heavy atom.